The second-order valence-corrected chi connectivity index (χ2v) is 9.11. The quantitative estimate of drug-likeness (QED) is 0.558. The molecule has 1 N–H and O–H groups in total. The lowest BCUT2D eigenvalue weighted by Gasteiger charge is -2.35. The van der Waals surface area contributed by atoms with Gasteiger partial charge in [0.25, 0.3) is 0 Å². The molecule has 3 aromatic rings. The molecular formula is C24H31BClN5O. The fourth-order valence-corrected chi connectivity index (χ4v) is 4.78. The number of halogens is 1. The molecule has 2 aromatic heterocycles. The molecule has 4 rings (SSSR count). The Labute approximate surface area is 195 Å². The predicted octanol–water partition coefficient (Wildman–Crippen LogP) is 3.54. The molecule has 1 unspecified atom stereocenters. The third kappa shape index (κ3) is 4.63. The average Bonchev–Trinajstić information content (AvgIpc) is 3.19. The number of aromatic nitrogens is 3. The number of hydrogen-bond acceptors (Lipinski definition) is 4. The Balaban J connectivity index is 1.53. The molecule has 1 saturated heterocycles. The first-order chi connectivity index (χ1) is 15.5. The van der Waals surface area contributed by atoms with E-state index in [1.807, 2.05) is 48.9 Å². The van der Waals surface area contributed by atoms with E-state index in [4.69, 9.17) is 16.6 Å². The molecular weight excluding hydrogens is 421 g/mol. The van der Waals surface area contributed by atoms with Gasteiger partial charge in [0.05, 0.1) is 5.69 Å². The van der Waals surface area contributed by atoms with Crippen LogP contribution in [0.15, 0.2) is 36.5 Å². The minimum atomic E-state index is 0.162. The number of anilines is 1. The Kier molecular flexibility index (Phi) is 7.04. The summed E-state index contributed by atoms with van der Waals surface area (Å²) in [5.74, 6) is 1.39. The highest BCUT2D eigenvalue weighted by atomic mass is 35.5. The molecule has 8 heteroatoms. The maximum absolute atomic E-state index is 12.9. The van der Waals surface area contributed by atoms with Gasteiger partial charge in [-0.15, -0.1) is 0 Å². The molecule has 0 saturated carbocycles. The Hall–Kier alpha value is -2.54. The van der Waals surface area contributed by atoms with E-state index in [1.165, 1.54) is 0 Å². The number of carbonyl (C=O) groups is 1. The molecule has 168 valence electrons. The van der Waals surface area contributed by atoms with Crippen LogP contribution in [0.25, 0.3) is 16.9 Å². The van der Waals surface area contributed by atoms with Gasteiger partial charge in [-0.05, 0) is 37.2 Å². The van der Waals surface area contributed by atoms with E-state index < -0.39 is 0 Å². The largest absolute Gasteiger partial charge is 0.367 e. The summed E-state index contributed by atoms with van der Waals surface area (Å²) in [6.45, 7) is 5.85. The summed E-state index contributed by atoms with van der Waals surface area (Å²) in [6, 6.07) is 10.1. The van der Waals surface area contributed by atoms with Gasteiger partial charge < -0.3 is 10.2 Å². The molecule has 3 heterocycles. The van der Waals surface area contributed by atoms with Crippen LogP contribution in [-0.2, 0) is 4.79 Å². The van der Waals surface area contributed by atoms with E-state index in [0.29, 0.717) is 10.9 Å². The summed E-state index contributed by atoms with van der Waals surface area (Å²) >= 11 is 6.45. The number of fused-ring (bicyclic) bond motifs is 1. The van der Waals surface area contributed by atoms with Crippen molar-refractivity contribution in [3.63, 3.8) is 0 Å². The molecule has 0 spiro atoms. The molecule has 1 aliphatic rings. The van der Waals surface area contributed by atoms with E-state index in [2.05, 4.69) is 29.2 Å². The van der Waals surface area contributed by atoms with Crippen molar-refractivity contribution in [1.29, 1.82) is 0 Å². The molecule has 1 aliphatic heterocycles. The van der Waals surface area contributed by atoms with Crippen LogP contribution in [0.3, 0.4) is 0 Å². The maximum atomic E-state index is 12.9. The van der Waals surface area contributed by atoms with E-state index in [0.717, 1.165) is 73.4 Å². The molecule has 1 fully saturated rings. The molecule has 0 bridgehead atoms. The second kappa shape index (κ2) is 9.95. The van der Waals surface area contributed by atoms with Crippen molar-refractivity contribution in [2.45, 2.75) is 52.0 Å². The van der Waals surface area contributed by atoms with Crippen LogP contribution in [0.1, 0.15) is 46.0 Å². The van der Waals surface area contributed by atoms with Crippen LogP contribution in [0.2, 0.25) is 5.02 Å². The van der Waals surface area contributed by atoms with Crippen molar-refractivity contribution in [2.24, 2.45) is 5.92 Å². The van der Waals surface area contributed by atoms with Crippen molar-refractivity contribution in [3.05, 3.63) is 41.6 Å². The number of benzene rings is 1. The van der Waals surface area contributed by atoms with Crippen molar-refractivity contribution in [3.8, 4) is 11.3 Å². The van der Waals surface area contributed by atoms with E-state index in [1.54, 1.807) is 0 Å². The summed E-state index contributed by atoms with van der Waals surface area (Å²) in [7, 11) is 2.01. The standard InChI is InChI=1S/C24H31BClN5O/c1-3-7-16(4-2)24(32)30-12-10-17(11-13-30)28-22-14-21(18-8-5-6-9-20(18)26)29-23-19(25)15-27-31(22)23/h5-6,8-9,14-17,28H,3-4,7,10-13,25H2,1-2H3. The number of likely N-dealkylation sites (tertiary alicyclic amines) is 1. The van der Waals surface area contributed by atoms with E-state index in [9.17, 15) is 4.79 Å². The van der Waals surface area contributed by atoms with Crippen molar-refractivity contribution >= 4 is 42.3 Å². The monoisotopic (exact) mass is 451 g/mol. The molecule has 6 nitrogen and oxygen atoms in total. The van der Waals surface area contributed by atoms with Gasteiger partial charge in [-0.2, -0.15) is 9.61 Å². The fourth-order valence-electron chi connectivity index (χ4n) is 4.54. The van der Waals surface area contributed by atoms with Crippen LogP contribution >= 0.6 is 11.6 Å². The highest BCUT2D eigenvalue weighted by Crippen LogP contribution is 2.29. The van der Waals surface area contributed by atoms with Gasteiger partial charge in [-0.25, -0.2) is 4.98 Å². The molecule has 1 amide bonds. The Morgan fingerprint density at radius 3 is 2.72 bits per heavy atom. The Morgan fingerprint density at radius 1 is 1.28 bits per heavy atom. The summed E-state index contributed by atoms with van der Waals surface area (Å²) in [4.78, 5) is 19.7. The summed E-state index contributed by atoms with van der Waals surface area (Å²) in [6.07, 6.45) is 6.62. The number of nitrogens with one attached hydrogen (secondary N) is 1. The van der Waals surface area contributed by atoms with Crippen LogP contribution in [0.4, 0.5) is 5.82 Å². The van der Waals surface area contributed by atoms with Crippen LogP contribution < -0.4 is 10.8 Å². The lowest BCUT2D eigenvalue weighted by Crippen LogP contribution is -2.44. The Morgan fingerprint density at radius 2 is 2.03 bits per heavy atom. The number of amides is 1. The summed E-state index contributed by atoms with van der Waals surface area (Å²) in [5.41, 5.74) is 3.57. The SMILES string of the molecule is Bc1cnn2c(NC3CCN(C(=O)C(CC)CCC)CC3)cc(-c3ccccc3Cl)nc12. The highest BCUT2D eigenvalue weighted by Gasteiger charge is 2.27. The molecule has 32 heavy (non-hydrogen) atoms. The van der Waals surface area contributed by atoms with Crippen LogP contribution in [0, 0.1) is 5.92 Å². The Bertz CT molecular complexity index is 1090. The van der Waals surface area contributed by atoms with Crippen LogP contribution in [-0.4, -0.2) is 52.4 Å². The minimum absolute atomic E-state index is 0.162. The number of carbonyl (C=O) groups excluding carboxylic acids is 1. The smallest absolute Gasteiger partial charge is 0.225 e. The third-order valence-corrected chi connectivity index (χ3v) is 6.77. The number of hydrogen-bond donors (Lipinski definition) is 1. The zero-order chi connectivity index (χ0) is 22.7. The molecule has 0 radical (unpaired) electrons. The van der Waals surface area contributed by atoms with Crippen LogP contribution in [0.5, 0.6) is 0 Å². The summed E-state index contributed by atoms with van der Waals surface area (Å²) in [5, 5.41) is 8.88. The average molecular weight is 452 g/mol. The topological polar surface area (TPSA) is 62.5 Å². The zero-order valence-corrected chi connectivity index (χ0v) is 19.9. The molecule has 0 aliphatic carbocycles. The van der Waals surface area contributed by atoms with Gasteiger partial charge in [-0.1, -0.05) is 50.1 Å². The van der Waals surface area contributed by atoms with E-state index >= 15 is 0 Å². The van der Waals surface area contributed by atoms with Gasteiger partial charge in [0.15, 0.2) is 5.65 Å². The normalized spacial score (nSPS) is 15.8. The number of rotatable bonds is 7. The second-order valence-electron chi connectivity index (χ2n) is 8.71. The molecule has 1 aromatic carbocycles. The third-order valence-electron chi connectivity index (χ3n) is 6.44. The number of piperidine rings is 1. The lowest BCUT2D eigenvalue weighted by molar-refractivity contribution is -0.136. The predicted molar refractivity (Wildman–Crippen MR) is 134 cm³/mol. The summed E-state index contributed by atoms with van der Waals surface area (Å²) < 4.78 is 1.86. The van der Waals surface area contributed by atoms with Gasteiger partial charge in [0.2, 0.25) is 5.91 Å². The maximum Gasteiger partial charge on any atom is 0.225 e. The first-order valence-corrected chi connectivity index (χ1v) is 12.0. The van der Waals surface area contributed by atoms with Gasteiger partial charge in [0, 0.05) is 47.9 Å². The highest BCUT2D eigenvalue weighted by molar-refractivity contribution is 6.36. The van der Waals surface area contributed by atoms with Gasteiger partial charge >= 0.3 is 0 Å². The van der Waals surface area contributed by atoms with Gasteiger partial charge in [0.1, 0.15) is 13.7 Å². The lowest BCUT2D eigenvalue weighted by atomic mass is 9.96. The number of nitrogens with zero attached hydrogens (tertiary/aromatic N) is 4. The van der Waals surface area contributed by atoms with Gasteiger partial charge in [-0.3, -0.25) is 4.79 Å². The minimum Gasteiger partial charge on any atom is -0.367 e. The first kappa shape index (κ1) is 22.7. The van der Waals surface area contributed by atoms with Crippen molar-refractivity contribution in [2.75, 3.05) is 18.4 Å². The molecule has 1 atom stereocenters. The van der Waals surface area contributed by atoms with E-state index in [-0.39, 0.29) is 12.0 Å². The fraction of sp³-hybridized carbons (Fsp3) is 0.458. The zero-order valence-electron chi connectivity index (χ0n) is 19.1. The first-order valence-electron chi connectivity index (χ1n) is 11.7. The van der Waals surface area contributed by atoms with Crippen molar-refractivity contribution in [1.82, 2.24) is 19.5 Å². The van der Waals surface area contributed by atoms with Crippen molar-refractivity contribution < 1.29 is 4.79 Å².